The third-order valence-electron chi connectivity index (χ3n) is 3.38. The van der Waals surface area contributed by atoms with Crippen LogP contribution in [0.5, 0.6) is 0 Å². The first kappa shape index (κ1) is 15.6. The second kappa shape index (κ2) is 6.66. The molecular formula is C15H23NO3. The van der Waals surface area contributed by atoms with E-state index in [4.69, 9.17) is 9.84 Å². The molecule has 0 aliphatic heterocycles. The monoisotopic (exact) mass is 265 g/mol. The smallest absolute Gasteiger partial charge is 0.303 e. The fraction of sp³-hybridized carbons (Fsp3) is 0.600. The van der Waals surface area contributed by atoms with E-state index in [2.05, 4.69) is 18.0 Å². The van der Waals surface area contributed by atoms with Crippen LogP contribution in [0.2, 0.25) is 0 Å². The molecule has 0 amide bonds. The van der Waals surface area contributed by atoms with Crippen molar-refractivity contribution in [3.05, 3.63) is 29.1 Å². The lowest BCUT2D eigenvalue weighted by atomic mass is 9.99. The van der Waals surface area contributed by atoms with Gasteiger partial charge in [0, 0.05) is 19.2 Å². The minimum Gasteiger partial charge on any atom is -0.481 e. The van der Waals surface area contributed by atoms with Gasteiger partial charge in [-0.25, -0.2) is 0 Å². The Morgan fingerprint density at radius 1 is 1.42 bits per heavy atom. The lowest BCUT2D eigenvalue weighted by molar-refractivity contribution is -0.137. The van der Waals surface area contributed by atoms with Crippen LogP contribution in [-0.4, -0.2) is 23.2 Å². The van der Waals surface area contributed by atoms with Gasteiger partial charge in [0.05, 0.1) is 5.69 Å². The number of rotatable bonds is 7. The van der Waals surface area contributed by atoms with Crippen LogP contribution in [-0.2, 0) is 28.0 Å². The van der Waals surface area contributed by atoms with Gasteiger partial charge in [0.2, 0.25) is 0 Å². The van der Waals surface area contributed by atoms with Crippen LogP contribution in [0.3, 0.4) is 0 Å². The largest absolute Gasteiger partial charge is 0.481 e. The SMILES string of the molecule is CCc1ccc(C(C)(C)OC)nc1CCCC(=O)O. The number of methoxy groups -OCH3 is 1. The summed E-state index contributed by atoms with van der Waals surface area (Å²) in [6, 6.07) is 4.06. The molecule has 0 radical (unpaired) electrons. The van der Waals surface area contributed by atoms with Gasteiger partial charge in [-0.15, -0.1) is 0 Å². The quantitative estimate of drug-likeness (QED) is 0.823. The molecule has 0 aliphatic rings. The maximum absolute atomic E-state index is 10.6. The molecule has 0 saturated heterocycles. The van der Waals surface area contributed by atoms with E-state index < -0.39 is 11.6 Å². The third kappa shape index (κ3) is 4.31. The van der Waals surface area contributed by atoms with Crippen LogP contribution < -0.4 is 0 Å². The predicted octanol–water partition coefficient (Wildman–Crippen LogP) is 2.93. The van der Waals surface area contributed by atoms with Crippen molar-refractivity contribution in [2.75, 3.05) is 7.11 Å². The van der Waals surface area contributed by atoms with Gasteiger partial charge in [0.1, 0.15) is 5.60 Å². The minimum absolute atomic E-state index is 0.183. The van der Waals surface area contributed by atoms with E-state index in [0.29, 0.717) is 12.8 Å². The number of aromatic nitrogens is 1. The molecule has 1 rings (SSSR count). The van der Waals surface area contributed by atoms with Crippen molar-refractivity contribution in [1.82, 2.24) is 4.98 Å². The highest BCUT2D eigenvalue weighted by Crippen LogP contribution is 2.24. The molecule has 106 valence electrons. The summed E-state index contributed by atoms with van der Waals surface area (Å²) in [7, 11) is 1.67. The Bertz CT molecular complexity index is 441. The van der Waals surface area contributed by atoms with E-state index in [9.17, 15) is 4.79 Å². The first-order chi connectivity index (χ1) is 8.90. The second-order valence-electron chi connectivity index (χ2n) is 5.12. The maximum Gasteiger partial charge on any atom is 0.303 e. The number of carbonyl (C=O) groups is 1. The molecule has 0 atom stereocenters. The van der Waals surface area contributed by atoms with E-state index in [-0.39, 0.29) is 6.42 Å². The lowest BCUT2D eigenvalue weighted by Crippen LogP contribution is -2.22. The van der Waals surface area contributed by atoms with Crippen LogP contribution in [0, 0.1) is 0 Å². The Balaban J connectivity index is 2.93. The summed E-state index contributed by atoms with van der Waals surface area (Å²) >= 11 is 0. The topological polar surface area (TPSA) is 59.4 Å². The zero-order valence-electron chi connectivity index (χ0n) is 12.2. The summed E-state index contributed by atoms with van der Waals surface area (Å²) in [4.78, 5) is 15.2. The Hall–Kier alpha value is -1.42. The summed E-state index contributed by atoms with van der Waals surface area (Å²) in [5.74, 6) is -0.758. The molecular weight excluding hydrogens is 242 g/mol. The molecule has 0 bridgehead atoms. The van der Waals surface area contributed by atoms with Crippen molar-refractivity contribution in [3.8, 4) is 0 Å². The zero-order valence-corrected chi connectivity index (χ0v) is 12.2. The maximum atomic E-state index is 10.6. The molecule has 1 N–H and O–H groups in total. The van der Waals surface area contributed by atoms with E-state index in [1.807, 2.05) is 19.9 Å². The van der Waals surface area contributed by atoms with E-state index in [1.54, 1.807) is 7.11 Å². The van der Waals surface area contributed by atoms with E-state index in [0.717, 1.165) is 17.8 Å². The number of aliphatic carboxylic acids is 1. The standard InChI is InChI=1S/C15H23NO3/c1-5-11-9-10-13(15(2,3)19-4)16-12(11)7-6-8-14(17)18/h9-10H,5-8H2,1-4H3,(H,17,18). The molecule has 1 aromatic heterocycles. The predicted molar refractivity (Wildman–Crippen MR) is 74.2 cm³/mol. The van der Waals surface area contributed by atoms with Gasteiger partial charge >= 0.3 is 5.97 Å². The molecule has 1 heterocycles. The molecule has 4 heteroatoms. The van der Waals surface area contributed by atoms with E-state index >= 15 is 0 Å². The molecule has 0 aromatic carbocycles. The van der Waals surface area contributed by atoms with Crippen LogP contribution in [0.1, 0.15) is 50.6 Å². The number of carboxylic acids is 1. The summed E-state index contributed by atoms with van der Waals surface area (Å²) in [5.41, 5.74) is 2.64. The molecule has 1 aromatic rings. The van der Waals surface area contributed by atoms with Crippen molar-refractivity contribution in [1.29, 1.82) is 0 Å². The summed E-state index contributed by atoms with van der Waals surface area (Å²) in [6.45, 7) is 6.03. The summed E-state index contributed by atoms with van der Waals surface area (Å²) in [5, 5.41) is 8.70. The van der Waals surface area contributed by atoms with Crippen LogP contribution in [0.15, 0.2) is 12.1 Å². The van der Waals surface area contributed by atoms with Crippen LogP contribution >= 0.6 is 0 Å². The number of ether oxygens (including phenoxy) is 1. The molecule has 19 heavy (non-hydrogen) atoms. The molecule has 0 saturated carbocycles. The third-order valence-corrected chi connectivity index (χ3v) is 3.38. The van der Waals surface area contributed by atoms with Crippen molar-refractivity contribution < 1.29 is 14.6 Å². The van der Waals surface area contributed by atoms with Gasteiger partial charge in [-0.2, -0.15) is 0 Å². The van der Waals surface area contributed by atoms with Gasteiger partial charge < -0.3 is 9.84 Å². The molecule has 0 fully saturated rings. The fourth-order valence-corrected chi connectivity index (χ4v) is 1.92. The van der Waals surface area contributed by atoms with Gasteiger partial charge in [-0.1, -0.05) is 13.0 Å². The van der Waals surface area contributed by atoms with Crippen LogP contribution in [0.25, 0.3) is 0 Å². The highest BCUT2D eigenvalue weighted by Gasteiger charge is 2.22. The average molecular weight is 265 g/mol. The first-order valence-electron chi connectivity index (χ1n) is 6.67. The van der Waals surface area contributed by atoms with Gasteiger partial charge in [-0.3, -0.25) is 9.78 Å². The van der Waals surface area contributed by atoms with Crippen molar-refractivity contribution in [2.24, 2.45) is 0 Å². The minimum atomic E-state index is -0.758. The number of hydrogen-bond donors (Lipinski definition) is 1. The molecule has 0 spiro atoms. The van der Waals surface area contributed by atoms with Crippen molar-refractivity contribution in [3.63, 3.8) is 0 Å². The average Bonchev–Trinajstić information content (AvgIpc) is 2.38. The lowest BCUT2D eigenvalue weighted by Gasteiger charge is -2.23. The Kier molecular flexibility index (Phi) is 5.48. The van der Waals surface area contributed by atoms with Crippen molar-refractivity contribution in [2.45, 2.75) is 52.1 Å². The first-order valence-corrected chi connectivity index (χ1v) is 6.67. The van der Waals surface area contributed by atoms with E-state index in [1.165, 1.54) is 5.56 Å². The Morgan fingerprint density at radius 2 is 2.11 bits per heavy atom. The molecule has 4 nitrogen and oxygen atoms in total. The number of hydrogen-bond acceptors (Lipinski definition) is 3. The second-order valence-corrected chi connectivity index (χ2v) is 5.12. The van der Waals surface area contributed by atoms with Gasteiger partial charge in [-0.05, 0) is 44.7 Å². The van der Waals surface area contributed by atoms with Gasteiger partial charge in [0.25, 0.3) is 0 Å². The number of pyridine rings is 1. The number of nitrogens with zero attached hydrogens (tertiary/aromatic N) is 1. The zero-order chi connectivity index (χ0) is 14.5. The Labute approximate surface area is 114 Å². The van der Waals surface area contributed by atoms with Gasteiger partial charge in [0.15, 0.2) is 0 Å². The summed E-state index contributed by atoms with van der Waals surface area (Å²) in [6.07, 6.45) is 2.40. The summed E-state index contributed by atoms with van der Waals surface area (Å²) < 4.78 is 5.44. The Morgan fingerprint density at radius 3 is 2.63 bits per heavy atom. The molecule has 0 unspecified atom stereocenters. The number of aryl methyl sites for hydroxylation is 2. The fourth-order valence-electron chi connectivity index (χ4n) is 1.92. The molecule has 0 aliphatic carbocycles. The highest BCUT2D eigenvalue weighted by atomic mass is 16.5. The highest BCUT2D eigenvalue weighted by molar-refractivity contribution is 5.66. The van der Waals surface area contributed by atoms with Crippen molar-refractivity contribution >= 4 is 5.97 Å². The number of carboxylic acid groups (broad SMARTS) is 1. The van der Waals surface area contributed by atoms with Crippen LogP contribution in [0.4, 0.5) is 0 Å². The normalized spacial score (nSPS) is 11.6.